The summed E-state index contributed by atoms with van der Waals surface area (Å²) in [5.41, 5.74) is 1.68. The zero-order valence-corrected chi connectivity index (χ0v) is 23.3. The van der Waals surface area contributed by atoms with E-state index in [0.29, 0.717) is 30.9 Å². The van der Waals surface area contributed by atoms with Gasteiger partial charge in [-0.05, 0) is 76.5 Å². The fourth-order valence-electron chi connectivity index (χ4n) is 5.74. The Morgan fingerprint density at radius 1 is 1.15 bits per heavy atom. The van der Waals surface area contributed by atoms with Crippen molar-refractivity contribution in [1.82, 2.24) is 4.57 Å². The van der Waals surface area contributed by atoms with Gasteiger partial charge in [0.25, 0.3) is 0 Å². The first kappa shape index (κ1) is 27.7. The number of amides is 1. The number of benzene rings is 2. The topological polar surface area (TPSA) is 95.9 Å². The first-order valence-electron chi connectivity index (χ1n) is 13.9. The second-order valence-electron chi connectivity index (χ2n) is 10.9. The molecule has 0 unspecified atom stereocenters. The third kappa shape index (κ3) is 5.17. The number of anilines is 1. The van der Waals surface area contributed by atoms with E-state index in [1.807, 2.05) is 39.0 Å². The van der Waals surface area contributed by atoms with E-state index in [2.05, 4.69) is 5.32 Å². The van der Waals surface area contributed by atoms with Crippen LogP contribution in [0.4, 0.5) is 10.1 Å². The van der Waals surface area contributed by atoms with Crippen molar-refractivity contribution >= 4 is 28.5 Å². The van der Waals surface area contributed by atoms with Crippen LogP contribution in [-0.4, -0.2) is 36.3 Å². The van der Waals surface area contributed by atoms with Gasteiger partial charge in [0.2, 0.25) is 11.3 Å². The number of para-hydroxylation sites is 1. The first-order valence-corrected chi connectivity index (χ1v) is 13.9. The molecule has 5 rings (SSSR count). The molecular formula is C31H35FN2O6. The number of aromatic nitrogens is 1. The van der Waals surface area contributed by atoms with Crippen LogP contribution in [0.5, 0.6) is 11.5 Å². The predicted octanol–water partition coefficient (Wildman–Crippen LogP) is 5.71. The number of hydrogen-bond donors (Lipinski definition) is 1. The molecule has 0 radical (unpaired) electrons. The number of hydrogen-bond acceptors (Lipinski definition) is 6. The monoisotopic (exact) mass is 550 g/mol. The van der Waals surface area contributed by atoms with Crippen LogP contribution in [0.3, 0.4) is 0 Å². The van der Waals surface area contributed by atoms with E-state index >= 15 is 4.39 Å². The molecule has 1 aliphatic heterocycles. The van der Waals surface area contributed by atoms with Gasteiger partial charge in [-0.15, -0.1) is 0 Å². The third-order valence-electron chi connectivity index (χ3n) is 8.00. The Balaban J connectivity index is 1.32. The molecule has 1 atom stereocenters. The lowest BCUT2D eigenvalue weighted by Crippen LogP contribution is -2.31. The number of halogens is 1. The average Bonchev–Trinajstić information content (AvgIpc) is 2.93. The number of pyridine rings is 1. The molecule has 0 saturated heterocycles. The van der Waals surface area contributed by atoms with Crippen LogP contribution in [0.1, 0.15) is 67.1 Å². The minimum Gasteiger partial charge on any atom is -0.493 e. The highest BCUT2D eigenvalue weighted by Gasteiger charge is 2.32. The van der Waals surface area contributed by atoms with Crippen LogP contribution >= 0.6 is 0 Å². The van der Waals surface area contributed by atoms with Crippen LogP contribution in [0, 0.1) is 31.5 Å². The Bertz CT molecular complexity index is 1500. The predicted molar refractivity (Wildman–Crippen MR) is 150 cm³/mol. The molecule has 2 aliphatic rings. The Hall–Kier alpha value is -3.88. The van der Waals surface area contributed by atoms with Gasteiger partial charge in [0, 0.05) is 12.1 Å². The van der Waals surface area contributed by atoms with Gasteiger partial charge in [-0.25, -0.2) is 9.18 Å². The molecule has 0 bridgehead atoms. The lowest BCUT2D eigenvalue weighted by molar-refractivity contribution is -0.121. The van der Waals surface area contributed by atoms with Gasteiger partial charge in [0.1, 0.15) is 23.6 Å². The highest BCUT2D eigenvalue weighted by Crippen LogP contribution is 2.41. The van der Waals surface area contributed by atoms with Crippen molar-refractivity contribution < 1.29 is 28.2 Å². The van der Waals surface area contributed by atoms with Crippen molar-refractivity contribution in [2.24, 2.45) is 11.8 Å². The van der Waals surface area contributed by atoms with Crippen LogP contribution in [0.15, 0.2) is 35.3 Å². The molecule has 1 aromatic heterocycles. The number of carbonyl (C=O) groups is 2. The number of carbonyl (C=O) groups excluding carboxylic acids is 2. The van der Waals surface area contributed by atoms with Crippen molar-refractivity contribution in [2.75, 3.05) is 25.1 Å². The number of nitrogens with one attached hydrogen (secondary N) is 1. The molecule has 9 heteroatoms. The number of nitrogens with zero attached hydrogens (tertiary/aromatic N) is 1. The van der Waals surface area contributed by atoms with E-state index in [0.717, 1.165) is 35.8 Å². The summed E-state index contributed by atoms with van der Waals surface area (Å²) in [6.07, 6.45) is 4.44. The van der Waals surface area contributed by atoms with Gasteiger partial charge in [-0.1, -0.05) is 18.2 Å². The van der Waals surface area contributed by atoms with Crippen molar-refractivity contribution in [1.29, 1.82) is 0 Å². The highest BCUT2D eigenvalue weighted by molar-refractivity contribution is 6.01. The molecule has 3 aromatic rings. The van der Waals surface area contributed by atoms with Crippen LogP contribution in [0.2, 0.25) is 0 Å². The zero-order chi connectivity index (χ0) is 28.6. The summed E-state index contributed by atoms with van der Waals surface area (Å²) in [5, 5.41) is 2.76. The first-order chi connectivity index (χ1) is 19.2. The van der Waals surface area contributed by atoms with E-state index in [-0.39, 0.29) is 53.5 Å². The summed E-state index contributed by atoms with van der Waals surface area (Å²) in [5.74, 6) is -0.723. The summed E-state index contributed by atoms with van der Waals surface area (Å²) in [4.78, 5) is 38.8. The molecule has 2 heterocycles. The minimum atomic E-state index is -0.786. The van der Waals surface area contributed by atoms with E-state index in [1.54, 1.807) is 11.5 Å². The molecule has 1 amide bonds. The van der Waals surface area contributed by atoms with Gasteiger partial charge < -0.3 is 24.1 Å². The molecule has 8 nitrogen and oxygen atoms in total. The van der Waals surface area contributed by atoms with Crippen LogP contribution < -0.4 is 20.2 Å². The largest absolute Gasteiger partial charge is 0.493 e. The van der Waals surface area contributed by atoms with Gasteiger partial charge >= 0.3 is 5.97 Å². The summed E-state index contributed by atoms with van der Waals surface area (Å²) >= 11 is 0. The summed E-state index contributed by atoms with van der Waals surface area (Å²) in [6.45, 7) is 8.48. The number of esters is 1. The van der Waals surface area contributed by atoms with Crippen molar-refractivity contribution in [2.45, 2.75) is 59.4 Å². The molecular weight excluding hydrogens is 515 g/mol. The molecule has 1 aliphatic carbocycles. The SMILES string of the molecule is CCOC(=O)c1cn2c3c(c(NC(=O)C4CCC(COc5c(C)cccc5C)CC4)c(F)cc3c1=O)OC[C@@H]2C. The number of aryl methyl sites for hydroxylation is 2. The normalized spacial score (nSPS) is 20.1. The lowest BCUT2D eigenvalue weighted by Gasteiger charge is -2.30. The van der Waals surface area contributed by atoms with Gasteiger partial charge in [-0.3, -0.25) is 9.59 Å². The Morgan fingerprint density at radius 2 is 1.85 bits per heavy atom. The maximum absolute atomic E-state index is 15.4. The van der Waals surface area contributed by atoms with E-state index in [9.17, 15) is 14.4 Å². The molecule has 212 valence electrons. The average molecular weight is 551 g/mol. The van der Waals surface area contributed by atoms with Gasteiger partial charge in [-0.2, -0.15) is 0 Å². The smallest absolute Gasteiger partial charge is 0.343 e. The molecule has 1 saturated carbocycles. The molecule has 1 fully saturated rings. The van der Waals surface area contributed by atoms with E-state index in [1.165, 1.54) is 6.20 Å². The second kappa shape index (κ2) is 11.3. The Kier molecular flexibility index (Phi) is 7.83. The minimum absolute atomic E-state index is 0.00648. The maximum Gasteiger partial charge on any atom is 0.343 e. The fraction of sp³-hybridized carbons (Fsp3) is 0.452. The zero-order valence-electron chi connectivity index (χ0n) is 23.3. The Morgan fingerprint density at radius 3 is 2.52 bits per heavy atom. The summed E-state index contributed by atoms with van der Waals surface area (Å²) in [6, 6.07) is 6.93. The number of ether oxygens (including phenoxy) is 3. The Labute approximate surface area is 232 Å². The number of rotatable bonds is 7. The van der Waals surface area contributed by atoms with Crippen LogP contribution in [0.25, 0.3) is 10.9 Å². The second-order valence-corrected chi connectivity index (χ2v) is 10.9. The van der Waals surface area contributed by atoms with Gasteiger partial charge in [0.05, 0.1) is 30.2 Å². The van der Waals surface area contributed by atoms with Crippen molar-refractivity contribution in [3.05, 3.63) is 63.2 Å². The fourth-order valence-corrected chi connectivity index (χ4v) is 5.74. The lowest BCUT2D eigenvalue weighted by atomic mass is 9.82. The highest BCUT2D eigenvalue weighted by atomic mass is 19.1. The molecule has 2 aromatic carbocycles. The van der Waals surface area contributed by atoms with Crippen molar-refractivity contribution in [3.63, 3.8) is 0 Å². The molecule has 40 heavy (non-hydrogen) atoms. The molecule has 1 N–H and O–H groups in total. The molecule has 0 spiro atoms. The van der Waals surface area contributed by atoms with Crippen molar-refractivity contribution in [3.8, 4) is 11.5 Å². The quantitative estimate of drug-likeness (QED) is 0.379. The van der Waals surface area contributed by atoms with E-state index in [4.69, 9.17) is 14.2 Å². The summed E-state index contributed by atoms with van der Waals surface area (Å²) in [7, 11) is 0. The van der Waals surface area contributed by atoms with Crippen LogP contribution in [-0.2, 0) is 9.53 Å². The van der Waals surface area contributed by atoms with E-state index < -0.39 is 17.2 Å². The third-order valence-corrected chi connectivity index (χ3v) is 8.00. The maximum atomic E-state index is 15.4. The summed E-state index contributed by atoms with van der Waals surface area (Å²) < 4.78 is 34.2. The van der Waals surface area contributed by atoms with Gasteiger partial charge in [0.15, 0.2) is 11.6 Å². The standard InChI is InChI=1S/C31H35FN2O6/c1-5-38-31(37)23-14-34-19(4)15-39-29-25(24(32)13-22(26(29)34)27(23)35)33-30(36)21-11-9-20(10-12-21)16-40-28-17(2)7-6-8-18(28)3/h6-8,13-14,19-21H,5,9-12,15-16H2,1-4H3,(H,33,36)/t19-,20?,21?/m0/s1.